The third-order valence-corrected chi connectivity index (χ3v) is 4.87. The van der Waals surface area contributed by atoms with Gasteiger partial charge < -0.3 is 14.2 Å². The Morgan fingerprint density at radius 2 is 1.50 bits per heavy atom. The Labute approximate surface area is 184 Å². The predicted octanol–water partition coefficient (Wildman–Crippen LogP) is 7.22. The topological polar surface area (TPSA) is 27.7 Å². The highest BCUT2D eigenvalue weighted by Gasteiger charge is 2.31. The van der Waals surface area contributed by atoms with Gasteiger partial charge in [-0.05, 0) is 83.7 Å². The van der Waals surface area contributed by atoms with Crippen LogP contribution in [0.1, 0.15) is 12.0 Å². The van der Waals surface area contributed by atoms with Crippen molar-refractivity contribution in [1.29, 1.82) is 0 Å². The van der Waals surface area contributed by atoms with Gasteiger partial charge in [-0.2, -0.15) is 0 Å². The minimum Gasteiger partial charge on any atom is -0.497 e. The van der Waals surface area contributed by atoms with Crippen molar-refractivity contribution in [2.75, 3.05) is 7.11 Å². The van der Waals surface area contributed by atoms with Crippen LogP contribution in [0.2, 0.25) is 0 Å². The zero-order valence-electron chi connectivity index (χ0n) is 17.2. The highest BCUT2D eigenvalue weighted by molar-refractivity contribution is 5.86. The van der Waals surface area contributed by atoms with Crippen LogP contribution in [-0.4, -0.2) is 13.5 Å². The summed E-state index contributed by atoms with van der Waals surface area (Å²) in [5.41, 5.74) is 3.43. The Kier molecular flexibility index (Phi) is 6.21. The summed E-state index contributed by atoms with van der Waals surface area (Å²) in [6, 6.07) is 20.9. The summed E-state index contributed by atoms with van der Waals surface area (Å²) in [6.45, 7) is 0. The first-order chi connectivity index (χ1) is 15.4. The average Bonchev–Trinajstić information content (AvgIpc) is 2.79. The van der Waals surface area contributed by atoms with Crippen molar-refractivity contribution in [1.82, 2.24) is 0 Å². The van der Waals surface area contributed by atoms with E-state index in [-0.39, 0.29) is 5.75 Å². The fraction of sp³-hybridized carbons (Fsp3) is 0.115. The maximum absolute atomic E-state index is 12.5. The molecule has 0 amide bonds. The summed E-state index contributed by atoms with van der Waals surface area (Å²) >= 11 is 0. The predicted molar refractivity (Wildman–Crippen MR) is 117 cm³/mol. The number of halogens is 3. The molecule has 0 spiro atoms. The monoisotopic (exact) mass is 437 g/mol. The molecule has 6 heteroatoms. The standard InChI is InChI=1S/C26H20F3O3/c1-30-22-14-15-24(19-6-5-9-23(16-19)31-20-7-3-2-4-8-20)25(17-22)18-10-12-21(13-11-18)32-26(27,28)29/h2-4,6-17H,5H2,1H3. The second-order valence-electron chi connectivity index (χ2n) is 7.04. The molecular formula is C26H20F3O3. The van der Waals surface area contributed by atoms with Crippen molar-refractivity contribution in [3.05, 3.63) is 103 Å². The number of hydrogen-bond acceptors (Lipinski definition) is 3. The van der Waals surface area contributed by atoms with E-state index >= 15 is 0 Å². The fourth-order valence-electron chi connectivity index (χ4n) is 3.43. The lowest BCUT2D eigenvalue weighted by Gasteiger charge is -2.19. The van der Waals surface area contributed by atoms with E-state index < -0.39 is 6.36 Å². The smallest absolute Gasteiger partial charge is 0.497 e. The van der Waals surface area contributed by atoms with Gasteiger partial charge in [0, 0.05) is 0 Å². The maximum atomic E-state index is 12.5. The van der Waals surface area contributed by atoms with Crippen LogP contribution >= 0.6 is 0 Å². The van der Waals surface area contributed by atoms with Crippen LogP contribution < -0.4 is 14.2 Å². The molecule has 0 fully saturated rings. The Balaban J connectivity index is 1.67. The Morgan fingerprint density at radius 1 is 0.781 bits per heavy atom. The van der Waals surface area contributed by atoms with Crippen molar-refractivity contribution in [2.45, 2.75) is 12.8 Å². The summed E-state index contributed by atoms with van der Waals surface area (Å²) in [6.07, 6.45) is 1.97. The molecule has 0 atom stereocenters. The maximum Gasteiger partial charge on any atom is 0.573 e. The summed E-state index contributed by atoms with van der Waals surface area (Å²) in [5, 5.41) is 0. The summed E-state index contributed by atoms with van der Waals surface area (Å²) in [4.78, 5) is 0. The first kappa shape index (κ1) is 21.6. The second-order valence-corrected chi connectivity index (χ2v) is 7.04. The molecule has 0 aromatic heterocycles. The van der Waals surface area contributed by atoms with E-state index in [2.05, 4.69) is 11.2 Å². The van der Waals surface area contributed by atoms with Crippen molar-refractivity contribution in [3.8, 4) is 28.4 Å². The van der Waals surface area contributed by atoms with E-state index in [1.165, 1.54) is 12.1 Å². The van der Waals surface area contributed by atoms with Crippen molar-refractivity contribution in [2.24, 2.45) is 0 Å². The normalized spacial score (nSPS) is 13.8. The summed E-state index contributed by atoms with van der Waals surface area (Å²) < 4.78 is 52.8. The minimum atomic E-state index is -4.73. The molecule has 3 aromatic carbocycles. The molecule has 3 aromatic rings. The van der Waals surface area contributed by atoms with E-state index in [0.717, 1.165) is 33.8 Å². The molecule has 4 rings (SSSR count). The van der Waals surface area contributed by atoms with E-state index in [4.69, 9.17) is 9.47 Å². The molecule has 1 aliphatic rings. The van der Waals surface area contributed by atoms with Gasteiger partial charge in [-0.1, -0.05) is 36.4 Å². The zero-order valence-corrected chi connectivity index (χ0v) is 17.2. The van der Waals surface area contributed by atoms with E-state index in [9.17, 15) is 13.2 Å². The van der Waals surface area contributed by atoms with Crippen molar-refractivity contribution in [3.63, 3.8) is 0 Å². The van der Waals surface area contributed by atoms with E-state index in [1.54, 1.807) is 19.2 Å². The number of benzene rings is 3. The van der Waals surface area contributed by atoms with Gasteiger partial charge in [0.05, 0.1) is 7.11 Å². The lowest BCUT2D eigenvalue weighted by atomic mass is 9.89. The SMILES string of the molecule is COc1ccc(C2=CC(Oc3ccccc3)=CC[CH]2)c(-c2ccc(OC(F)(F)F)cc2)c1. The number of para-hydroxylation sites is 1. The lowest BCUT2D eigenvalue weighted by Crippen LogP contribution is -2.16. The molecule has 0 heterocycles. The first-order valence-electron chi connectivity index (χ1n) is 9.94. The molecular weight excluding hydrogens is 417 g/mol. The van der Waals surface area contributed by atoms with Gasteiger partial charge in [-0.25, -0.2) is 0 Å². The molecule has 1 aliphatic carbocycles. The van der Waals surface area contributed by atoms with Crippen LogP contribution in [0.5, 0.6) is 17.2 Å². The van der Waals surface area contributed by atoms with Crippen LogP contribution in [0.3, 0.4) is 0 Å². The van der Waals surface area contributed by atoms with Crippen LogP contribution in [-0.2, 0) is 0 Å². The zero-order chi connectivity index (χ0) is 22.6. The van der Waals surface area contributed by atoms with Gasteiger partial charge in [-0.3, -0.25) is 0 Å². The molecule has 0 unspecified atom stereocenters. The van der Waals surface area contributed by atoms with Crippen molar-refractivity contribution < 1.29 is 27.4 Å². The molecule has 1 radical (unpaired) electrons. The largest absolute Gasteiger partial charge is 0.573 e. The molecule has 3 nitrogen and oxygen atoms in total. The molecule has 32 heavy (non-hydrogen) atoms. The molecule has 0 saturated carbocycles. The Bertz CT molecular complexity index is 1130. The fourth-order valence-corrected chi connectivity index (χ4v) is 3.43. The highest BCUT2D eigenvalue weighted by Crippen LogP contribution is 2.37. The number of rotatable bonds is 6. The van der Waals surface area contributed by atoms with Gasteiger partial charge in [0.15, 0.2) is 0 Å². The highest BCUT2D eigenvalue weighted by atomic mass is 19.4. The van der Waals surface area contributed by atoms with Gasteiger partial charge in [0.25, 0.3) is 0 Å². The minimum absolute atomic E-state index is 0.268. The molecule has 0 N–H and O–H groups in total. The number of allylic oxidation sites excluding steroid dienone is 3. The molecule has 0 saturated heterocycles. The molecule has 0 aliphatic heterocycles. The van der Waals surface area contributed by atoms with Gasteiger partial charge in [0.1, 0.15) is 23.0 Å². The number of alkyl halides is 3. The van der Waals surface area contributed by atoms with Gasteiger partial charge >= 0.3 is 6.36 Å². The molecule has 163 valence electrons. The Morgan fingerprint density at radius 3 is 2.19 bits per heavy atom. The Hall–Kier alpha value is -3.67. The van der Waals surface area contributed by atoms with Gasteiger partial charge in [0.2, 0.25) is 0 Å². The average molecular weight is 437 g/mol. The van der Waals surface area contributed by atoms with E-state index in [1.807, 2.05) is 60.7 Å². The third-order valence-electron chi connectivity index (χ3n) is 4.87. The van der Waals surface area contributed by atoms with Gasteiger partial charge in [-0.15, -0.1) is 13.2 Å². The number of hydrogen-bond donors (Lipinski definition) is 0. The van der Waals surface area contributed by atoms with Crippen molar-refractivity contribution >= 4 is 5.57 Å². The van der Waals surface area contributed by atoms with Crippen LogP contribution in [0.15, 0.2) is 90.7 Å². The third kappa shape index (κ3) is 5.32. The molecule has 0 bridgehead atoms. The summed E-state index contributed by atoms with van der Waals surface area (Å²) in [7, 11) is 1.57. The van der Waals surface area contributed by atoms with Crippen LogP contribution in [0.25, 0.3) is 16.7 Å². The number of methoxy groups -OCH3 is 1. The number of ether oxygens (including phenoxy) is 3. The summed E-state index contributed by atoms with van der Waals surface area (Å²) in [5.74, 6) is 1.85. The quantitative estimate of drug-likeness (QED) is 0.408. The van der Waals surface area contributed by atoms with Crippen LogP contribution in [0, 0.1) is 6.42 Å². The first-order valence-corrected chi connectivity index (χ1v) is 9.94. The second kappa shape index (κ2) is 9.22. The van der Waals surface area contributed by atoms with Crippen LogP contribution in [0.4, 0.5) is 13.2 Å². The lowest BCUT2D eigenvalue weighted by molar-refractivity contribution is -0.274. The van der Waals surface area contributed by atoms with E-state index in [0.29, 0.717) is 12.2 Å².